The monoisotopic (exact) mass is 384 g/mol. The van der Waals surface area contributed by atoms with E-state index in [4.69, 9.17) is 4.74 Å². The number of hydrogen-bond donors (Lipinski definition) is 1. The first-order valence-corrected chi connectivity index (χ1v) is 10.6. The quantitative estimate of drug-likeness (QED) is 0.844. The molecule has 7 nitrogen and oxygen atoms in total. The average Bonchev–Trinajstić information content (AvgIpc) is 3.58. The van der Waals surface area contributed by atoms with Crippen LogP contribution in [0.5, 0.6) is 0 Å². The summed E-state index contributed by atoms with van der Waals surface area (Å²) in [6, 6.07) is 4.46. The minimum Gasteiger partial charge on any atom is -0.366 e. The van der Waals surface area contributed by atoms with Crippen LogP contribution < -0.4 is 5.32 Å². The van der Waals surface area contributed by atoms with Crippen LogP contribution in [0, 0.1) is 0 Å². The maximum absolute atomic E-state index is 13.0. The molecule has 0 radical (unpaired) electrons. The molecule has 0 aromatic carbocycles. The van der Waals surface area contributed by atoms with Gasteiger partial charge in [0.15, 0.2) is 0 Å². The zero-order chi connectivity index (χ0) is 19.1. The Kier molecular flexibility index (Phi) is 4.70. The molecule has 3 saturated heterocycles. The fraction of sp³-hybridized carbons (Fsp3) is 0.667. The lowest BCUT2D eigenvalue weighted by molar-refractivity contribution is -0.139. The fourth-order valence-electron chi connectivity index (χ4n) is 4.80. The predicted molar refractivity (Wildman–Crippen MR) is 103 cm³/mol. The van der Waals surface area contributed by atoms with Crippen molar-refractivity contribution in [1.29, 1.82) is 0 Å². The fourth-order valence-corrected chi connectivity index (χ4v) is 4.80. The first-order valence-electron chi connectivity index (χ1n) is 10.6. The molecule has 1 aromatic heterocycles. The molecule has 2 atom stereocenters. The third kappa shape index (κ3) is 3.60. The summed E-state index contributed by atoms with van der Waals surface area (Å²) in [5.74, 6) is 1.11. The molecule has 1 aliphatic carbocycles. The molecule has 0 bridgehead atoms. The van der Waals surface area contributed by atoms with Crippen molar-refractivity contribution in [3.05, 3.63) is 29.6 Å². The lowest BCUT2D eigenvalue weighted by atomic mass is 9.89. The van der Waals surface area contributed by atoms with E-state index in [1.807, 2.05) is 16.0 Å². The summed E-state index contributed by atoms with van der Waals surface area (Å²) in [5, 5.41) is 2.97. The van der Waals surface area contributed by atoms with Crippen LogP contribution in [0.2, 0.25) is 0 Å². The third-order valence-corrected chi connectivity index (χ3v) is 6.63. The van der Waals surface area contributed by atoms with E-state index < -0.39 is 0 Å². The summed E-state index contributed by atoms with van der Waals surface area (Å²) >= 11 is 0. The largest absolute Gasteiger partial charge is 0.366 e. The Hall–Kier alpha value is -2.15. The number of carbonyl (C=O) groups excluding carboxylic acids is 2. The third-order valence-electron chi connectivity index (χ3n) is 6.63. The molecule has 4 fully saturated rings. The molecular weight excluding hydrogens is 356 g/mol. The van der Waals surface area contributed by atoms with Gasteiger partial charge in [0.25, 0.3) is 0 Å². The molecule has 3 aliphatic heterocycles. The molecule has 0 spiro atoms. The smallest absolute Gasteiger partial charge is 0.320 e. The van der Waals surface area contributed by atoms with Gasteiger partial charge in [-0.15, -0.1) is 0 Å². The first kappa shape index (κ1) is 17.9. The van der Waals surface area contributed by atoms with Gasteiger partial charge in [-0.05, 0) is 55.7 Å². The molecular formula is C21H28N4O3. The van der Waals surface area contributed by atoms with Crippen molar-refractivity contribution in [3.8, 4) is 0 Å². The van der Waals surface area contributed by atoms with Crippen molar-refractivity contribution < 1.29 is 14.3 Å². The van der Waals surface area contributed by atoms with Crippen LogP contribution in [0.4, 0.5) is 4.79 Å². The molecule has 3 amide bonds. The average molecular weight is 384 g/mol. The zero-order valence-corrected chi connectivity index (χ0v) is 16.2. The van der Waals surface area contributed by atoms with E-state index in [0.29, 0.717) is 24.9 Å². The summed E-state index contributed by atoms with van der Waals surface area (Å²) in [5.41, 5.74) is 2.63. The summed E-state index contributed by atoms with van der Waals surface area (Å²) in [7, 11) is 0. The number of urea groups is 1. The van der Waals surface area contributed by atoms with Crippen LogP contribution in [-0.4, -0.2) is 71.7 Å². The number of aromatic nitrogens is 1. The van der Waals surface area contributed by atoms with E-state index in [1.54, 1.807) is 0 Å². The van der Waals surface area contributed by atoms with Crippen LogP contribution in [0.3, 0.4) is 0 Å². The van der Waals surface area contributed by atoms with Gasteiger partial charge in [0.1, 0.15) is 6.61 Å². The van der Waals surface area contributed by atoms with Crippen molar-refractivity contribution in [1.82, 2.24) is 20.1 Å². The number of carbonyl (C=O) groups is 2. The van der Waals surface area contributed by atoms with Crippen molar-refractivity contribution >= 4 is 11.9 Å². The predicted octanol–water partition coefficient (Wildman–Crippen LogP) is 1.85. The normalized spacial score (nSPS) is 28.6. The van der Waals surface area contributed by atoms with Crippen LogP contribution >= 0.6 is 0 Å². The Labute approximate surface area is 165 Å². The molecule has 1 N–H and O–H groups in total. The molecule has 7 heteroatoms. The molecule has 1 saturated carbocycles. The number of pyridine rings is 1. The van der Waals surface area contributed by atoms with E-state index in [9.17, 15) is 9.59 Å². The zero-order valence-electron chi connectivity index (χ0n) is 16.2. The van der Waals surface area contributed by atoms with Gasteiger partial charge in [0.05, 0.1) is 12.1 Å². The second-order valence-corrected chi connectivity index (χ2v) is 8.59. The number of nitrogens with one attached hydrogen (secondary N) is 1. The van der Waals surface area contributed by atoms with Crippen molar-refractivity contribution in [2.24, 2.45) is 0 Å². The summed E-state index contributed by atoms with van der Waals surface area (Å²) in [4.78, 5) is 33.0. The molecule has 4 aliphatic rings. The number of ether oxygens (including phenoxy) is 1. The van der Waals surface area contributed by atoms with Crippen molar-refractivity contribution in [2.75, 3.05) is 32.8 Å². The van der Waals surface area contributed by atoms with Crippen molar-refractivity contribution in [2.45, 2.75) is 56.1 Å². The number of amides is 3. The highest BCUT2D eigenvalue weighted by molar-refractivity contribution is 5.79. The van der Waals surface area contributed by atoms with Crippen LogP contribution in [-0.2, 0) is 9.53 Å². The highest BCUT2D eigenvalue weighted by Crippen LogP contribution is 2.40. The van der Waals surface area contributed by atoms with Gasteiger partial charge in [-0.2, -0.15) is 0 Å². The Morgan fingerprint density at radius 2 is 1.86 bits per heavy atom. The second kappa shape index (κ2) is 7.35. The molecule has 5 rings (SSSR count). The minimum absolute atomic E-state index is 0.0415. The van der Waals surface area contributed by atoms with E-state index >= 15 is 0 Å². The van der Waals surface area contributed by atoms with Gasteiger partial charge in [-0.25, -0.2) is 4.79 Å². The lowest BCUT2D eigenvalue weighted by Crippen LogP contribution is -2.62. The number of hydrogen-bond acceptors (Lipinski definition) is 4. The number of morpholine rings is 1. The van der Waals surface area contributed by atoms with E-state index in [1.165, 1.54) is 24.1 Å². The SMILES string of the molecule is O=C1CO[C@H]2CCN(C(=O)N3CCC(c4ccnc(C5CC5)c4)CC3)C[C@H]2N1. The molecule has 4 heterocycles. The summed E-state index contributed by atoms with van der Waals surface area (Å²) in [6.07, 6.45) is 7.32. The summed E-state index contributed by atoms with van der Waals surface area (Å²) in [6.45, 7) is 2.96. The second-order valence-electron chi connectivity index (χ2n) is 8.59. The highest BCUT2D eigenvalue weighted by Gasteiger charge is 2.38. The summed E-state index contributed by atoms with van der Waals surface area (Å²) < 4.78 is 5.59. The molecule has 28 heavy (non-hydrogen) atoms. The number of fused-ring (bicyclic) bond motifs is 1. The van der Waals surface area contributed by atoms with Crippen LogP contribution in [0.1, 0.15) is 55.2 Å². The van der Waals surface area contributed by atoms with E-state index in [0.717, 1.165) is 32.4 Å². The van der Waals surface area contributed by atoms with Gasteiger partial charge >= 0.3 is 6.03 Å². The first-order chi connectivity index (χ1) is 13.7. The van der Waals surface area contributed by atoms with Gasteiger partial charge in [0.2, 0.25) is 5.91 Å². The van der Waals surface area contributed by atoms with E-state index in [2.05, 4.69) is 22.4 Å². The lowest BCUT2D eigenvalue weighted by Gasteiger charge is -2.43. The van der Waals surface area contributed by atoms with Crippen molar-refractivity contribution in [3.63, 3.8) is 0 Å². The Morgan fingerprint density at radius 3 is 2.64 bits per heavy atom. The van der Waals surface area contributed by atoms with Gasteiger partial charge in [-0.3, -0.25) is 9.78 Å². The van der Waals surface area contributed by atoms with Crippen LogP contribution in [0.25, 0.3) is 0 Å². The maximum atomic E-state index is 13.0. The molecule has 1 aromatic rings. The molecule has 0 unspecified atom stereocenters. The standard InChI is InChI=1S/C21H28N4O3/c26-20-13-28-19-6-10-25(12-18(19)23-20)21(27)24-8-4-14(5-9-24)16-3-7-22-17(11-16)15-1-2-15/h3,7,11,14-15,18-19H,1-2,4-6,8-10,12-13H2,(H,23,26)/t18-,19+/m1/s1. The number of piperidine rings is 2. The van der Waals surface area contributed by atoms with Gasteiger partial charge in [-0.1, -0.05) is 0 Å². The van der Waals surface area contributed by atoms with Crippen LogP contribution in [0.15, 0.2) is 18.3 Å². The minimum atomic E-state index is -0.0840. The van der Waals surface area contributed by atoms with E-state index in [-0.39, 0.29) is 30.7 Å². The maximum Gasteiger partial charge on any atom is 0.320 e. The Balaban J connectivity index is 1.17. The Bertz CT molecular complexity index is 758. The highest BCUT2D eigenvalue weighted by atomic mass is 16.5. The molecule has 150 valence electrons. The number of rotatable bonds is 2. The van der Waals surface area contributed by atoms with Gasteiger partial charge in [0, 0.05) is 44.0 Å². The number of nitrogens with zero attached hydrogens (tertiary/aromatic N) is 3. The number of likely N-dealkylation sites (tertiary alicyclic amines) is 2. The Morgan fingerprint density at radius 1 is 1.07 bits per heavy atom. The van der Waals surface area contributed by atoms with Gasteiger partial charge < -0.3 is 19.9 Å². The topological polar surface area (TPSA) is 74.8 Å².